The van der Waals surface area contributed by atoms with E-state index in [0.717, 1.165) is 11.9 Å². The SMILES string of the molecule is Cn1cnnc1Sc1nc2ccccn2c1C=O. The zero-order valence-corrected chi connectivity index (χ0v) is 10.3. The fourth-order valence-corrected chi connectivity index (χ4v) is 2.47. The third kappa shape index (κ3) is 1.68. The van der Waals surface area contributed by atoms with Gasteiger partial charge in [-0.2, -0.15) is 0 Å². The van der Waals surface area contributed by atoms with Gasteiger partial charge in [-0.1, -0.05) is 6.07 Å². The quantitative estimate of drug-likeness (QED) is 0.666. The highest BCUT2D eigenvalue weighted by Gasteiger charge is 2.14. The van der Waals surface area contributed by atoms with Crippen LogP contribution in [0.5, 0.6) is 0 Å². The molecule has 3 aromatic heterocycles. The van der Waals surface area contributed by atoms with Crippen LogP contribution in [0, 0.1) is 0 Å². The maximum atomic E-state index is 11.2. The van der Waals surface area contributed by atoms with E-state index in [0.29, 0.717) is 15.9 Å². The third-order valence-corrected chi connectivity index (χ3v) is 3.55. The van der Waals surface area contributed by atoms with E-state index in [2.05, 4.69) is 15.2 Å². The topological polar surface area (TPSA) is 65.1 Å². The molecule has 3 heterocycles. The van der Waals surface area contributed by atoms with Crippen LogP contribution in [-0.2, 0) is 7.05 Å². The van der Waals surface area contributed by atoms with Crippen molar-refractivity contribution >= 4 is 23.7 Å². The Morgan fingerprint density at radius 3 is 3.00 bits per heavy atom. The van der Waals surface area contributed by atoms with E-state index < -0.39 is 0 Å². The van der Waals surface area contributed by atoms with Crippen LogP contribution in [-0.4, -0.2) is 30.4 Å². The molecule has 7 heteroatoms. The van der Waals surface area contributed by atoms with Crippen LogP contribution < -0.4 is 0 Å². The van der Waals surface area contributed by atoms with E-state index in [-0.39, 0.29) is 0 Å². The van der Waals surface area contributed by atoms with Crippen molar-refractivity contribution in [1.82, 2.24) is 24.1 Å². The number of fused-ring (bicyclic) bond motifs is 1. The minimum absolute atomic E-state index is 0.526. The predicted molar refractivity (Wildman–Crippen MR) is 65.7 cm³/mol. The van der Waals surface area contributed by atoms with E-state index in [1.807, 2.05) is 31.4 Å². The first-order valence-electron chi connectivity index (χ1n) is 5.23. The lowest BCUT2D eigenvalue weighted by atomic mass is 10.4. The number of aldehydes is 1. The summed E-state index contributed by atoms with van der Waals surface area (Å²) in [6.07, 6.45) is 4.23. The Balaban J connectivity index is 2.11. The van der Waals surface area contributed by atoms with Gasteiger partial charge in [-0.15, -0.1) is 10.2 Å². The molecule has 0 saturated carbocycles. The molecule has 0 unspecified atom stereocenters. The van der Waals surface area contributed by atoms with Crippen molar-refractivity contribution in [3.63, 3.8) is 0 Å². The largest absolute Gasteiger partial charge is 0.311 e. The highest BCUT2D eigenvalue weighted by Crippen LogP contribution is 2.27. The molecule has 90 valence electrons. The molecule has 0 aliphatic rings. The smallest absolute Gasteiger partial charge is 0.197 e. The minimum atomic E-state index is 0.526. The number of rotatable bonds is 3. The number of carbonyl (C=O) groups excluding carboxylic acids is 1. The summed E-state index contributed by atoms with van der Waals surface area (Å²) in [6.45, 7) is 0. The number of carbonyl (C=O) groups is 1. The summed E-state index contributed by atoms with van der Waals surface area (Å²) < 4.78 is 3.54. The van der Waals surface area contributed by atoms with Gasteiger partial charge in [0.1, 0.15) is 22.7 Å². The Bertz CT molecular complexity index is 717. The molecule has 0 amide bonds. The summed E-state index contributed by atoms with van der Waals surface area (Å²) in [6, 6.07) is 5.60. The normalized spacial score (nSPS) is 10.9. The number of aryl methyl sites for hydroxylation is 1. The summed E-state index contributed by atoms with van der Waals surface area (Å²) >= 11 is 1.32. The molecule has 0 bridgehead atoms. The number of imidazole rings is 1. The molecule has 0 spiro atoms. The van der Waals surface area contributed by atoms with Gasteiger partial charge in [0, 0.05) is 13.2 Å². The van der Waals surface area contributed by atoms with Crippen molar-refractivity contribution < 1.29 is 4.79 Å². The summed E-state index contributed by atoms with van der Waals surface area (Å²) in [5, 5.41) is 9.09. The highest BCUT2D eigenvalue weighted by atomic mass is 32.2. The van der Waals surface area contributed by atoms with Crippen molar-refractivity contribution in [2.45, 2.75) is 10.2 Å². The van der Waals surface area contributed by atoms with Gasteiger partial charge in [-0.25, -0.2) is 4.98 Å². The van der Waals surface area contributed by atoms with Crippen molar-refractivity contribution in [2.75, 3.05) is 0 Å². The first kappa shape index (κ1) is 11.0. The molecule has 0 aliphatic carbocycles. The molecular formula is C11H9N5OS. The molecular weight excluding hydrogens is 250 g/mol. The van der Waals surface area contributed by atoms with E-state index in [1.54, 1.807) is 15.3 Å². The summed E-state index contributed by atoms with van der Waals surface area (Å²) in [5.41, 5.74) is 1.27. The van der Waals surface area contributed by atoms with Crippen LogP contribution in [0.2, 0.25) is 0 Å². The van der Waals surface area contributed by atoms with Gasteiger partial charge in [0.15, 0.2) is 11.4 Å². The monoisotopic (exact) mass is 259 g/mol. The van der Waals surface area contributed by atoms with Crippen LogP contribution >= 0.6 is 11.8 Å². The standard InChI is InChI=1S/C11H9N5OS/c1-15-7-12-14-11(15)18-10-8(6-17)16-5-3-2-4-9(16)13-10/h2-7H,1H3. The van der Waals surface area contributed by atoms with Crippen molar-refractivity contribution in [2.24, 2.45) is 7.05 Å². The van der Waals surface area contributed by atoms with Crippen LogP contribution in [0.1, 0.15) is 10.5 Å². The maximum absolute atomic E-state index is 11.2. The van der Waals surface area contributed by atoms with E-state index in [4.69, 9.17) is 0 Å². The molecule has 0 radical (unpaired) electrons. The zero-order chi connectivity index (χ0) is 12.5. The molecule has 3 aromatic rings. The Morgan fingerprint density at radius 1 is 1.39 bits per heavy atom. The van der Waals surface area contributed by atoms with Crippen LogP contribution in [0.25, 0.3) is 5.65 Å². The fraction of sp³-hybridized carbons (Fsp3) is 0.0909. The first-order valence-corrected chi connectivity index (χ1v) is 6.05. The zero-order valence-electron chi connectivity index (χ0n) is 9.52. The lowest BCUT2D eigenvalue weighted by Gasteiger charge is -1.97. The summed E-state index contributed by atoms with van der Waals surface area (Å²) in [7, 11) is 1.85. The second kappa shape index (κ2) is 4.26. The third-order valence-electron chi connectivity index (χ3n) is 2.50. The maximum Gasteiger partial charge on any atom is 0.197 e. The van der Waals surface area contributed by atoms with Gasteiger partial charge in [-0.3, -0.25) is 9.20 Å². The van der Waals surface area contributed by atoms with E-state index >= 15 is 0 Å². The fourth-order valence-electron chi connectivity index (χ4n) is 1.63. The highest BCUT2D eigenvalue weighted by molar-refractivity contribution is 7.99. The van der Waals surface area contributed by atoms with Gasteiger partial charge in [0.25, 0.3) is 0 Å². The molecule has 0 saturated heterocycles. The lowest BCUT2D eigenvalue weighted by Crippen LogP contribution is -1.92. The Labute approximate surface area is 107 Å². The first-order chi connectivity index (χ1) is 8.79. The number of pyridine rings is 1. The number of aromatic nitrogens is 5. The molecule has 0 aromatic carbocycles. The van der Waals surface area contributed by atoms with Crippen LogP contribution in [0.15, 0.2) is 40.9 Å². The van der Waals surface area contributed by atoms with Crippen LogP contribution in [0.3, 0.4) is 0 Å². The van der Waals surface area contributed by atoms with Gasteiger partial charge in [-0.05, 0) is 23.9 Å². The summed E-state index contributed by atoms with van der Waals surface area (Å²) in [5.74, 6) is 0. The van der Waals surface area contributed by atoms with Gasteiger partial charge in [0.2, 0.25) is 0 Å². The molecule has 0 atom stereocenters. The molecule has 6 nitrogen and oxygen atoms in total. The second-order valence-corrected chi connectivity index (χ2v) is 4.63. The summed E-state index contributed by atoms with van der Waals surface area (Å²) in [4.78, 5) is 15.6. The number of hydrogen-bond acceptors (Lipinski definition) is 5. The van der Waals surface area contributed by atoms with Crippen molar-refractivity contribution in [3.8, 4) is 0 Å². The minimum Gasteiger partial charge on any atom is -0.311 e. The van der Waals surface area contributed by atoms with E-state index in [9.17, 15) is 4.79 Å². The molecule has 3 rings (SSSR count). The second-order valence-electron chi connectivity index (χ2n) is 3.68. The average molecular weight is 259 g/mol. The number of nitrogens with zero attached hydrogens (tertiary/aromatic N) is 5. The van der Waals surface area contributed by atoms with Crippen LogP contribution in [0.4, 0.5) is 0 Å². The van der Waals surface area contributed by atoms with E-state index in [1.165, 1.54) is 11.8 Å². The van der Waals surface area contributed by atoms with Crippen molar-refractivity contribution in [3.05, 3.63) is 36.4 Å². The molecule has 18 heavy (non-hydrogen) atoms. The predicted octanol–water partition coefficient (Wildman–Crippen LogP) is 1.43. The Morgan fingerprint density at radius 2 is 2.28 bits per heavy atom. The van der Waals surface area contributed by atoms with Crippen molar-refractivity contribution in [1.29, 1.82) is 0 Å². The number of hydrogen-bond donors (Lipinski definition) is 0. The molecule has 0 N–H and O–H groups in total. The molecule has 0 aliphatic heterocycles. The average Bonchev–Trinajstić information content (AvgIpc) is 2.93. The molecule has 0 fully saturated rings. The van der Waals surface area contributed by atoms with Gasteiger partial charge < -0.3 is 4.57 Å². The Hall–Kier alpha value is -2.15. The van der Waals surface area contributed by atoms with Gasteiger partial charge in [0.05, 0.1) is 0 Å². The lowest BCUT2D eigenvalue weighted by molar-refractivity contribution is 0.111. The Kier molecular flexibility index (Phi) is 2.60. The van der Waals surface area contributed by atoms with Gasteiger partial charge >= 0.3 is 0 Å².